The van der Waals surface area contributed by atoms with E-state index in [4.69, 9.17) is 10.5 Å². The molecule has 1 aromatic rings. The molecule has 0 radical (unpaired) electrons. The van der Waals surface area contributed by atoms with Crippen molar-refractivity contribution in [3.05, 3.63) is 24.3 Å². The van der Waals surface area contributed by atoms with Crippen molar-refractivity contribution in [1.29, 1.82) is 0 Å². The van der Waals surface area contributed by atoms with Crippen LogP contribution in [0.25, 0.3) is 0 Å². The van der Waals surface area contributed by atoms with Gasteiger partial charge in [0.25, 0.3) is 0 Å². The third kappa shape index (κ3) is 3.59. The Hall–Kier alpha value is -1.55. The lowest BCUT2D eigenvalue weighted by molar-refractivity contribution is -0.109. The van der Waals surface area contributed by atoms with Crippen molar-refractivity contribution in [1.82, 2.24) is 0 Å². The van der Waals surface area contributed by atoms with Crippen LogP contribution in [-0.4, -0.2) is 25.5 Å². The minimum atomic E-state index is -0.570. The summed E-state index contributed by atoms with van der Waals surface area (Å²) >= 11 is 0. The summed E-state index contributed by atoms with van der Waals surface area (Å²) < 4.78 is 5.42. The zero-order valence-corrected chi connectivity index (χ0v) is 8.77. The molecule has 0 fully saturated rings. The van der Waals surface area contributed by atoms with Crippen molar-refractivity contribution in [2.45, 2.75) is 13.0 Å². The minimum Gasteiger partial charge on any atom is -0.489 e. The van der Waals surface area contributed by atoms with Gasteiger partial charge in [-0.25, -0.2) is 0 Å². The van der Waals surface area contributed by atoms with Crippen LogP contribution < -0.4 is 15.8 Å². The fraction of sp³-hybridized carbons (Fsp3) is 0.364. The Labute approximate surface area is 89.4 Å². The molecule has 15 heavy (non-hydrogen) atoms. The Balaban J connectivity index is 2.62. The van der Waals surface area contributed by atoms with E-state index in [2.05, 4.69) is 5.32 Å². The van der Waals surface area contributed by atoms with Crippen LogP contribution in [0.15, 0.2) is 24.3 Å². The fourth-order valence-electron chi connectivity index (χ4n) is 1.15. The number of hydrogen-bond acceptors (Lipinski definition) is 4. The van der Waals surface area contributed by atoms with E-state index in [0.29, 0.717) is 6.29 Å². The van der Waals surface area contributed by atoms with E-state index < -0.39 is 6.04 Å². The van der Waals surface area contributed by atoms with E-state index in [9.17, 15) is 4.79 Å². The molecule has 0 aromatic heterocycles. The van der Waals surface area contributed by atoms with E-state index in [1.165, 1.54) is 0 Å². The monoisotopic (exact) mass is 208 g/mol. The summed E-state index contributed by atoms with van der Waals surface area (Å²) in [5, 5.41) is 3.16. The summed E-state index contributed by atoms with van der Waals surface area (Å²) in [7, 11) is 0. The smallest absolute Gasteiger partial charge is 0.142 e. The zero-order valence-electron chi connectivity index (χ0n) is 8.77. The lowest BCUT2D eigenvalue weighted by Crippen LogP contribution is -2.29. The van der Waals surface area contributed by atoms with Crippen LogP contribution in [0, 0.1) is 0 Å². The number of carbonyl (C=O) groups is 1. The Morgan fingerprint density at radius 1 is 1.53 bits per heavy atom. The summed E-state index contributed by atoms with van der Waals surface area (Å²) in [4.78, 5) is 10.3. The van der Waals surface area contributed by atoms with Crippen molar-refractivity contribution < 1.29 is 9.53 Å². The molecular weight excluding hydrogens is 192 g/mol. The molecule has 0 aliphatic carbocycles. The topological polar surface area (TPSA) is 64.3 Å². The fourth-order valence-corrected chi connectivity index (χ4v) is 1.15. The van der Waals surface area contributed by atoms with Crippen molar-refractivity contribution in [3.8, 4) is 5.75 Å². The van der Waals surface area contributed by atoms with Gasteiger partial charge in [0.1, 0.15) is 18.6 Å². The molecular formula is C11H16N2O2. The summed E-state index contributed by atoms with van der Waals surface area (Å²) in [5.41, 5.74) is 6.35. The Morgan fingerprint density at radius 2 is 2.27 bits per heavy atom. The van der Waals surface area contributed by atoms with Gasteiger partial charge in [-0.3, -0.25) is 0 Å². The number of nitrogens with two attached hydrogens (primary N) is 1. The van der Waals surface area contributed by atoms with E-state index in [1.807, 2.05) is 31.2 Å². The van der Waals surface area contributed by atoms with Crippen LogP contribution in [0.4, 0.5) is 5.69 Å². The average molecular weight is 208 g/mol. The molecule has 1 aromatic carbocycles. The molecule has 0 amide bonds. The lowest BCUT2D eigenvalue weighted by atomic mass is 10.3. The second kappa shape index (κ2) is 6.03. The maximum Gasteiger partial charge on any atom is 0.142 e. The summed E-state index contributed by atoms with van der Waals surface area (Å²) in [6, 6.07) is 6.99. The molecule has 82 valence electrons. The standard InChI is InChI=1S/C11H16N2O2/c1-2-13-10-5-3-4-6-11(10)15-8-9(12)7-14/h3-7,9,13H,2,8,12H2,1H3/t9-/m0/s1. The van der Waals surface area contributed by atoms with Crippen molar-refractivity contribution in [2.75, 3.05) is 18.5 Å². The highest BCUT2D eigenvalue weighted by molar-refractivity contribution is 5.58. The second-order valence-corrected chi connectivity index (χ2v) is 3.14. The number of hydrogen-bond donors (Lipinski definition) is 2. The predicted octanol–water partition coefficient (Wildman–Crippen LogP) is 1.02. The van der Waals surface area contributed by atoms with Crippen LogP contribution in [-0.2, 0) is 4.79 Å². The van der Waals surface area contributed by atoms with Gasteiger partial charge in [0.05, 0.1) is 11.7 Å². The van der Waals surface area contributed by atoms with E-state index in [1.54, 1.807) is 0 Å². The zero-order chi connectivity index (χ0) is 11.1. The normalized spacial score (nSPS) is 11.9. The van der Waals surface area contributed by atoms with Gasteiger partial charge in [0, 0.05) is 6.54 Å². The summed E-state index contributed by atoms with van der Waals surface area (Å²) in [6.45, 7) is 3.03. The highest BCUT2D eigenvalue weighted by atomic mass is 16.5. The van der Waals surface area contributed by atoms with Crippen LogP contribution >= 0.6 is 0 Å². The predicted molar refractivity (Wildman–Crippen MR) is 60.1 cm³/mol. The van der Waals surface area contributed by atoms with Crippen molar-refractivity contribution >= 4 is 12.0 Å². The van der Waals surface area contributed by atoms with E-state index in [-0.39, 0.29) is 6.61 Å². The van der Waals surface area contributed by atoms with E-state index >= 15 is 0 Å². The molecule has 0 unspecified atom stereocenters. The van der Waals surface area contributed by atoms with Gasteiger partial charge in [-0.2, -0.15) is 0 Å². The molecule has 0 heterocycles. The number of aldehydes is 1. The number of anilines is 1. The van der Waals surface area contributed by atoms with Gasteiger partial charge in [-0.1, -0.05) is 12.1 Å². The Bertz CT molecular complexity index is 315. The highest BCUT2D eigenvalue weighted by Crippen LogP contribution is 2.23. The van der Waals surface area contributed by atoms with Crippen LogP contribution in [0.1, 0.15) is 6.92 Å². The van der Waals surface area contributed by atoms with Crippen molar-refractivity contribution in [2.24, 2.45) is 5.73 Å². The third-order valence-corrected chi connectivity index (χ3v) is 1.86. The maximum absolute atomic E-state index is 10.3. The van der Waals surface area contributed by atoms with Gasteiger partial charge < -0.3 is 20.6 Å². The average Bonchev–Trinajstić information content (AvgIpc) is 2.28. The maximum atomic E-state index is 10.3. The minimum absolute atomic E-state index is 0.200. The number of rotatable bonds is 6. The largest absolute Gasteiger partial charge is 0.489 e. The lowest BCUT2D eigenvalue weighted by Gasteiger charge is -2.12. The highest BCUT2D eigenvalue weighted by Gasteiger charge is 2.04. The molecule has 1 rings (SSSR count). The number of ether oxygens (including phenoxy) is 1. The second-order valence-electron chi connectivity index (χ2n) is 3.14. The first-order valence-corrected chi connectivity index (χ1v) is 4.94. The van der Waals surface area contributed by atoms with Gasteiger partial charge in [-0.15, -0.1) is 0 Å². The molecule has 0 saturated carbocycles. The molecule has 0 bridgehead atoms. The Morgan fingerprint density at radius 3 is 2.93 bits per heavy atom. The van der Waals surface area contributed by atoms with Gasteiger partial charge in [0.15, 0.2) is 0 Å². The number of nitrogens with one attached hydrogen (secondary N) is 1. The third-order valence-electron chi connectivity index (χ3n) is 1.86. The van der Waals surface area contributed by atoms with Crippen LogP contribution in [0.3, 0.4) is 0 Å². The molecule has 0 aliphatic heterocycles. The van der Waals surface area contributed by atoms with Crippen LogP contribution in [0.5, 0.6) is 5.75 Å². The molecule has 4 heteroatoms. The molecule has 0 aliphatic rings. The number of para-hydroxylation sites is 2. The first-order chi connectivity index (χ1) is 7.27. The molecule has 3 N–H and O–H groups in total. The van der Waals surface area contributed by atoms with Gasteiger partial charge in [-0.05, 0) is 19.1 Å². The first kappa shape index (κ1) is 11.5. The Kier molecular flexibility index (Phi) is 4.63. The SMILES string of the molecule is CCNc1ccccc1OC[C@@H](N)C=O. The van der Waals surface area contributed by atoms with E-state index in [0.717, 1.165) is 18.0 Å². The quantitative estimate of drug-likeness (QED) is 0.685. The van der Waals surface area contributed by atoms with Crippen LogP contribution in [0.2, 0.25) is 0 Å². The summed E-state index contributed by atoms with van der Waals surface area (Å²) in [5.74, 6) is 0.719. The van der Waals surface area contributed by atoms with Gasteiger partial charge >= 0.3 is 0 Å². The van der Waals surface area contributed by atoms with Gasteiger partial charge in [0.2, 0.25) is 0 Å². The number of benzene rings is 1. The molecule has 0 saturated heterocycles. The molecule has 4 nitrogen and oxygen atoms in total. The molecule has 1 atom stereocenters. The summed E-state index contributed by atoms with van der Waals surface area (Å²) in [6.07, 6.45) is 0.676. The van der Waals surface area contributed by atoms with Crippen molar-refractivity contribution in [3.63, 3.8) is 0 Å². The molecule has 0 spiro atoms. The first-order valence-electron chi connectivity index (χ1n) is 4.94. The number of carbonyl (C=O) groups excluding carboxylic acids is 1.